The molecule has 4 aromatic carbocycles. The van der Waals surface area contributed by atoms with Crippen molar-refractivity contribution in [3.05, 3.63) is 165 Å². The standard InChI is InChI=1S/C32H22O2S/c33-31(25-17-9-3-10-18-25)29(23-13-5-1-6-14-23)27-21-22-28(35-27)30(24-15-7-2-8-16-24)32(34)26-19-11-4-12-20-26/h1-22H/b29-27-,30-28+. The summed E-state index contributed by atoms with van der Waals surface area (Å²) in [5, 5.41) is 0. The predicted molar refractivity (Wildman–Crippen MR) is 143 cm³/mol. The van der Waals surface area contributed by atoms with Crippen LogP contribution in [0.2, 0.25) is 0 Å². The number of Topliss-reactive ketones (excluding diaryl/α,β-unsaturated/α-hetero) is 2. The smallest absolute Gasteiger partial charge is 0.195 e. The van der Waals surface area contributed by atoms with Gasteiger partial charge >= 0.3 is 0 Å². The number of ketones is 2. The summed E-state index contributed by atoms with van der Waals surface area (Å²) in [5.41, 5.74) is 4.24. The second-order valence-corrected chi connectivity index (χ2v) is 9.12. The summed E-state index contributed by atoms with van der Waals surface area (Å²) in [4.78, 5) is 27.3. The van der Waals surface area contributed by atoms with Crippen molar-refractivity contribution in [2.24, 2.45) is 0 Å². The Balaban J connectivity index is 1.78. The minimum atomic E-state index is -0.0409. The molecule has 1 aromatic heterocycles. The fraction of sp³-hybridized carbons (Fsp3) is 0. The average Bonchev–Trinajstić information content (AvgIpc) is 3.40. The number of benzene rings is 4. The molecule has 35 heavy (non-hydrogen) atoms. The molecule has 0 atom stereocenters. The van der Waals surface area contributed by atoms with E-state index in [1.165, 1.54) is 11.3 Å². The molecule has 1 heterocycles. The predicted octanol–water partition coefficient (Wildman–Crippen LogP) is 5.91. The maximum Gasteiger partial charge on any atom is 0.195 e. The van der Waals surface area contributed by atoms with E-state index in [9.17, 15) is 9.59 Å². The van der Waals surface area contributed by atoms with Crippen LogP contribution >= 0.6 is 11.3 Å². The Morgan fingerprint density at radius 2 is 0.657 bits per heavy atom. The molecule has 0 unspecified atom stereocenters. The van der Waals surface area contributed by atoms with Gasteiger partial charge in [-0.1, -0.05) is 121 Å². The van der Waals surface area contributed by atoms with E-state index in [2.05, 4.69) is 0 Å². The highest BCUT2D eigenvalue weighted by Gasteiger charge is 2.18. The van der Waals surface area contributed by atoms with Gasteiger partial charge in [-0.25, -0.2) is 0 Å². The fourth-order valence-corrected chi connectivity index (χ4v) is 5.19. The van der Waals surface area contributed by atoms with Gasteiger partial charge in [0, 0.05) is 31.3 Å². The third kappa shape index (κ3) is 4.81. The number of hydrogen-bond donors (Lipinski definition) is 0. The minimum Gasteiger partial charge on any atom is -0.289 e. The lowest BCUT2D eigenvalue weighted by Gasteiger charge is -2.07. The number of hydrogen-bond acceptors (Lipinski definition) is 3. The summed E-state index contributed by atoms with van der Waals surface area (Å²) in [7, 11) is 0. The van der Waals surface area contributed by atoms with Gasteiger partial charge in [-0.05, 0) is 23.3 Å². The van der Waals surface area contributed by atoms with Gasteiger partial charge in [0.2, 0.25) is 0 Å². The van der Waals surface area contributed by atoms with Crippen LogP contribution < -0.4 is 9.06 Å². The zero-order chi connectivity index (χ0) is 24.0. The highest BCUT2D eigenvalue weighted by Crippen LogP contribution is 2.20. The fourth-order valence-electron chi connectivity index (χ4n) is 4.05. The first-order chi connectivity index (χ1) is 17.2. The third-order valence-corrected chi connectivity index (χ3v) is 6.87. The first kappa shape index (κ1) is 22.5. The zero-order valence-corrected chi connectivity index (χ0v) is 19.7. The minimum absolute atomic E-state index is 0.0409. The van der Waals surface area contributed by atoms with Crippen LogP contribution in [0.4, 0.5) is 0 Å². The number of rotatable bonds is 6. The molecule has 0 saturated heterocycles. The van der Waals surface area contributed by atoms with Gasteiger partial charge in [0.1, 0.15) is 0 Å². The van der Waals surface area contributed by atoms with Crippen LogP contribution in [0, 0.1) is 0 Å². The van der Waals surface area contributed by atoms with E-state index < -0.39 is 0 Å². The largest absolute Gasteiger partial charge is 0.289 e. The quantitative estimate of drug-likeness (QED) is 0.289. The molecule has 0 saturated carbocycles. The highest BCUT2D eigenvalue weighted by molar-refractivity contribution is 7.08. The lowest BCUT2D eigenvalue weighted by atomic mass is 9.96. The summed E-state index contributed by atoms with van der Waals surface area (Å²) >= 11 is 1.47. The molecular formula is C32H22O2S. The van der Waals surface area contributed by atoms with Crippen molar-refractivity contribution < 1.29 is 9.59 Å². The maximum atomic E-state index is 13.6. The van der Waals surface area contributed by atoms with Crippen LogP contribution in [0.15, 0.2) is 133 Å². The molecule has 0 amide bonds. The lowest BCUT2D eigenvalue weighted by molar-refractivity contribution is 0.104. The van der Waals surface area contributed by atoms with Crippen LogP contribution in [-0.2, 0) is 0 Å². The number of carbonyl (C=O) groups is 2. The Kier molecular flexibility index (Phi) is 6.60. The molecule has 5 rings (SSSR count). The molecule has 5 aromatic rings. The van der Waals surface area contributed by atoms with Crippen molar-refractivity contribution in [2.75, 3.05) is 0 Å². The molecule has 3 heteroatoms. The lowest BCUT2D eigenvalue weighted by Crippen LogP contribution is -2.14. The molecule has 0 aliphatic carbocycles. The Morgan fingerprint density at radius 1 is 0.371 bits per heavy atom. The normalized spacial score (nSPS) is 12.6. The Bertz CT molecular complexity index is 1460. The third-order valence-electron chi connectivity index (χ3n) is 5.75. The van der Waals surface area contributed by atoms with Crippen LogP contribution in [0.5, 0.6) is 0 Å². The molecule has 0 fully saturated rings. The first-order valence-electron chi connectivity index (χ1n) is 11.4. The molecular weight excluding hydrogens is 448 g/mol. The van der Waals surface area contributed by atoms with E-state index in [4.69, 9.17) is 0 Å². The summed E-state index contributed by atoms with van der Waals surface area (Å²) < 4.78 is 1.66. The van der Waals surface area contributed by atoms with Gasteiger partial charge in [-0.2, -0.15) is 0 Å². The second kappa shape index (κ2) is 10.3. The van der Waals surface area contributed by atoms with Crippen LogP contribution in [0.1, 0.15) is 31.8 Å². The van der Waals surface area contributed by atoms with Crippen LogP contribution in [0.25, 0.3) is 11.1 Å². The molecule has 0 N–H and O–H groups in total. The van der Waals surface area contributed by atoms with Gasteiger partial charge in [0.05, 0.1) is 0 Å². The molecule has 0 spiro atoms. The van der Waals surface area contributed by atoms with Gasteiger partial charge in [-0.15, -0.1) is 11.3 Å². The van der Waals surface area contributed by atoms with Crippen molar-refractivity contribution in [2.45, 2.75) is 0 Å². The Morgan fingerprint density at radius 3 is 0.971 bits per heavy atom. The van der Waals surface area contributed by atoms with Crippen molar-refractivity contribution in [1.29, 1.82) is 0 Å². The molecule has 0 aliphatic heterocycles. The molecule has 0 radical (unpaired) electrons. The molecule has 2 nitrogen and oxygen atoms in total. The van der Waals surface area contributed by atoms with Gasteiger partial charge < -0.3 is 0 Å². The van der Waals surface area contributed by atoms with E-state index in [-0.39, 0.29) is 11.6 Å². The van der Waals surface area contributed by atoms with Gasteiger partial charge in [-0.3, -0.25) is 9.59 Å². The Labute approximate surface area is 208 Å². The molecule has 168 valence electrons. The highest BCUT2D eigenvalue weighted by atomic mass is 32.1. The number of thiophene rings is 1. The van der Waals surface area contributed by atoms with E-state index in [0.29, 0.717) is 22.3 Å². The molecule has 0 aliphatic rings. The summed E-state index contributed by atoms with van der Waals surface area (Å²) in [6.07, 6.45) is 0. The topological polar surface area (TPSA) is 34.1 Å². The average molecular weight is 471 g/mol. The molecule has 0 bridgehead atoms. The van der Waals surface area contributed by atoms with E-state index in [1.807, 2.05) is 133 Å². The maximum absolute atomic E-state index is 13.6. The first-order valence-corrected chi connectivity index (χ1v) is 12.2. The van der Waals surface area contributed by atoms with E-state index >= 15 is 0 Å². The second-order valence-electron chi connectivity index (χ2n) is 8.04. The summed E-state index contributed by atoms with van der Waals surface area (Å²) in [6.45, 7) is 0. The Hall–Kier alpha value is -4.34. The van der Waals surface area contributed by atoms with E-state index in [0.717, 1.165) is 20.2 Å². The monoisotopic (exact) mass is 470 g/mol. The van der Waals surface area contributed by atoms with Gasteiger partial charge in [0.25, 0.3) is 0 Å². The van der Waals surface area contributed by atoms with Crippen molar-refractivity contribution in [3.63, 3.8) is 0 Å². The summed E-state index contributed by atoms with van der Waals surface area (Å²) in [5.74, 6) is -0.0818. The van der Waals surface area contributed by atoms with Crippen molar-refractivity contribution in [3.8, 4) is 0 Å². The summed E-state index contributed by atoms with van der Waals surface area (Å²) in [6, 6.07) is 41.9. The van der Waals surface area contributed by atoms with Crippen molar-refractivity contribution >= 4 is 34.0 Å². The van der Waals surface area contributed by atoms with Gasteiger partial charge in [0.15, 0.2) is 11.6 Å². The number of carbonyl (C=O) groups excluding carboxylic acids is 2. The van der Waals surface area contributed by atoms with Crippen LogP contribution in [-0.4, -0.2) is 11.6 Å². The van der Waals surface area contributed by atoms with Crippen LogP contribution in [0.3, 0.4) is 0 Å². The van der Waals surface area contributed by atoms with E-state index in [1.54, 1.807) is 0 Å². The SMILES string of the molecule is O=C(/C(c1ccccc1)=c1/cc/c(=C(\C(=O)c2ccccc2)c2ccccc2)s1)c1ccccc1. The van der Waals surface area contributed by atoms with Crippen molar-refractivity contribution in [1.82, 2.24) is 0 Å². The zero-order valence-electron chi connectivity index (χ0n) is 18.9.